The van der Waals surface area contributed by atoms with Crippen LogP contribution in [0.4, 0.5) is 11.4 Å². The lowest BCUT2D eigenvalue weighted by Gasteiger charge is -2.26. The van der Waals surface area contributed by atoms with Gasteiger partial charge in [0.05, 0.1) is 98.6 Å². The predicted molar refractivity (Wildman–Crippen MR) is 569 cm³/mol. The lowest BCUT2D eigenvalue weighted by molar-refractivity contribution is 0.0734. The summed E-state index contributed by atoms with van der Waals surface area (Å²) < 4.78 is 6.48. The summed E-state index contributed by atoms with van der Waals surface area (Å²) in [6.07, 6.45) is 23.5. The van der Waals surface area contributed by atoms with Crippen molar-refractivity contribution in [3.8, 4) is 101 Å². The number of hydrogen-bond acceptors (Lipinski definition) is 18. The molecule has 0 saturated carbocycles. The number of nitrogens with one attached hydrogen (secondary N) is 4. The number of aromatic nitrogens is 11. The summed E-state index contributed by atoms with van der Waals surface area (Å²) in [6.45, 7) is 21.5. The molecule has 0 atom stereocenters. The van der Waals surface area contributed by atoms with E-state index in [1.54, 1.807) is 141 Å². The first-order valence-corrected chi connectivity index (χ1v) is 48.4. The molecule has 4 aliphatic rings. The third kappa shape index (κ3) is 25.8. The summed E-state index contributed by atoms with van der Waals surface area (Å²) in [5.74, 6) is -1.36. The number of carbonyl (C=O) groups is 4. The highest BCUT2D eigenvalue weighted by Gasteiger charge is 2.33. The molecule has 28 nitrogen and oxygen atoms in total. The molecule has 4 aliphatic heterocycles. The van der Waals surface area contributed by atoms with Crippen molar-refractivity contribution in [3.05, 3.63) is 346 Å². The summed E-state index contributed by atoms with van der Waals surface area (Å²) in [5.41, 5.74) is 29.3. The van der Waals surface area contributed by atoms with Gasteiger partial charge in [-0.1, -0.05) is 228 Å². The fourth-order valence-corrected chi connectivity index (χ4v) is 19.0. The number of pyridine rings is 3. The van der Waals surface area contributed by atoms with Crippen LogP contribution in [0.15, 0.2) is 243 Å². The SMILES string of the molecule is Cl.Cl.Cl.O=C(NN1CCCCC1)c1nn(-c2ccc(-c3cccnc3)cc2Cl)c(-c2ccc(-c3cccnc3)cc2)c1CO.O=C(NN1CCCCC1)c1nn(-c2ccc(Cl)cc2Cl)c(-c2ccc(-c3cccnc3)cc2)c1CO.[C-]#[N+]c1ccc(-c2c(C)c(C(=O)NN3CCCCC3)nn2-c2ccc(Cl)cc2Cl)cc1.[C-]#[N+]c1ccc(-c2c(CO)c(C(=O)NN3CCCCC3)nn2-c2ccc(Cl)cc2Cl)cc1. The molecule has 7 aromatic heterocycles. The Bertz CT molecular complexity index is 7030. The highest BCUT2D eigenvalue weighted by Crippen LogP contribution is 2.41. The van der Waals surface area contributed by atoms with Crippen LogP contribution in [-0.2, 0) is 19.8 Å². The van der Waals surface area contributed by atoms with Crippen LogP contribution in [0.25, 0.3) is 111 Å². The normalized spacial score (nSPS) is 13.7. The Morgan fingerprint density at radius 1 is 0.308 bits per heavy atom. The summed E-state index contributed by atoms with van der Waals surface area (Å²) in [4.78, 5) is 72.5. The molecule has 0 unspecified atom stereocenters. The van der Waals surface area contributed by atoms with Gasteiger partial charge in [-0.05, 0) is 182 Å². The largest absolute Gasteiger partial charge is 0.392 e. The van der Waals surface area contributed by atoms with Crippen molar-refractivity contribution in [1.82, 2.24) is 95.8 Å². The third-order valence-electron chi connectivity index (χ3n) is 24.3. The Morgan fingerprint density at radius 3 is 0.825 bits per heavy atom. The Morgan fingerprint density at radius 2 is 0.552 bits per heavy atom. The van der Waals surface area contributed by atoms with E-state index in [-0.39, 0.29) is 91.1 Å². The minimum atomic E-state index is -0.395. The van der Waals surface area contributed by atoms with E-state index in [2.05, 4.69) is 61.6 Å². The highest BCUT2D eigenvalue weighted by atomic mass is 35.5. The Balaban J connectivity index is 0.000000160. The molecule has 0 spiro atoms. The van der Waals surface area contributed by atoms with E-state index in [0.717, 1.165) is 184 Å². The number of nitrogens with zero attached hydrogens (tertiary/aromatic N) is 17. The summed E-state index contributed by atoms with van der Waals surface area (Å²) >= 11 is 44.6. The second-order valence-corrected chi connectivity index (χ2v) is 36.5. The van der Waals surface area contributed by atoms with Crippen LogP contribution in [0.1, 0.15) is 141 Å². The van der Waals surface area contributed by atoms with E-state index in [0.29, 0.717) is 114 Å². The van der Waals surface area contributed by atoms with E-state index in [1.807, 2.05) is 148 Å². The second-order valence-electron chi connectivity index (χ2n) is 33.6. The van der Waals surface area contributed by atoms with Crippen molar-refractivity contribution in [2.75, 3.05) is 52.4 Å². The number of rotatable bonds is 22. The molecule has 38 heteroatoms. The summed E-state index contributed by atoms with van der Waals surface area (Å²) in [7, 11) is 0. The van der Waals surface area contributed by atoms with Gasteiger partial charge in [-0.3, -0.25) is 55.8 Å². The first kappa shape index (κ1) is 108. The maximum absolute atomic E-state index is 13.5. The molecular formula is C105H99Cl10N21O7. The molecule has 7 N–H and O–H groups in total. The van der Waals surface area contributed by atoms with E-state index < -0.39 is 6.61 Å². The van der Waals surface area contributed by atoms with Crippen molar-refractivity contribution in [1.29, 1.82) is 0 Å². The predicted octanol–water partition coefficient (Wildman–Crippen LogP) is 23.6. The van der Waals surface area contributed by atoms with Crippen LogP contribution in [0.3, 0.4) is 0 Å². The van der Waals surface area contributed by atoms with Crippen LogP contribution in [0, 0.1) is 20.1 Å². The van der Waals surface area contributed by atoms with Crippen LogP contribution in [0.5, 0.6) is 0 Å². The molecular weight excluding hydrogens is 2020 g/mol. The van der Waals surface area contributed by atoms with Crippen molar-refractivity contribution in [2.45, 2.75) is 104 Å². The molecule has 0 radical (unpaired) electrons. The zero-order valence-electron chi connectivity index (χ0n) is 77.3. The molecule has 4 saturated heterocycles. The molecule has 736 valence electrons. The number of hydrogen-bond donors (Lipinski definition) is 7. The van der Waals surface area contributed by atoms with Gasteiger partial charge in [-0.25, -0.2) is 48.5 Å². The smallest absolute Gasteiger partial charge is 0.286 e. The van der Waals surface area contributed by atoms with Gasteiger partial charge in [-0.2, -0.15) is 20.4 Å². The number of hydrazine groups is 4. The van der Waals surface area contributed by atoms with Crippen molar-refractivity contribution in [2.24, 2.45) is 0 Å². The average Bonchev–Trinajstić information content (AvgIpc) is 1.59. The van der Waals surface area contributed by atoms with Gasteiger partial charge in [-0.15, -0.1) is 37.2 Å². The standard InChI is InChI=1S/C32H29ClN6O2.C27H25Cl2N5O2.C23H21Cl2N5O2.C23H21Cl2N5O.3ClH/c33-28-18-24(26-7-5-15-35-20-26)12-13-29(28)39-31(23-10-8-22(9-11-23)25-6-4-14-34-19-25)27(21-40)30(36-39)32(41)37-38-16-2-1-3-17-38;28-21-10-11-24(23(29)15-21)34-26(19-8-6-18(7-9-19)20-5-4-12-30-16-20)22(17-35)25(31-34)27(36)32-33-13-2-1-3-14-33;1-26-17-8-5-15(6-9-17)22-18(14-31)21(23(32)28-29-11-3-2-4-12-29)27-30(22)20-10-7-16(24)13-19(20)25;1-15-21(23(31)28-29-12-4-3-5-13-29)27-30(20-11-8-17(24)14-19(20)25)22(15)16-6-9-18(26-2)10-7-16;;;/h4-15,18-20,40H,1-3,16-17,21H2,(H,37,41);4-12,15-16,35H,1-3,13-14,17H2,(H,32,36);5-10,13,31H,2-4,11-12,14H2,(H,28,32);6-11,14H,3-5,12-13H2,1H3,(H,28,31);3*1H. The first-order valence-electron chi connectivity index (χ1n) is 45.7. The molecule has 143 heavy (non-hydrogen) atoms. The number of halogens is 10. The van der Waals surface area contributed by atoms with Crippen molar-refractivity contribution < 1.29 is 34.5 Å². The Hall–Kier alpha value is -12.5. The monoisotopic (exact) mass is 2120 g/mol. The minimum absolute atomic E-state index is 0. The average molecular weight is 2120 g/mol. The topological polar surface area (TPSA) is 309 Å². The number of carbonyl (C=O) groups excluding carboxylic acids is 4. The lowest BCUT2D eigenvalue weighted by atomic mass is 10.0. The maximum Gasteiger partial charge on any atom is 0.286 e. The second kappa shape index (κ2) is 51.2. The minimum Gasteiger partial charge on any atom is -0.392 e. The molecule has 11 heterocycles. The maximum atomic E-state index is 13.5. The summed E-state index contributed by atoms with van der Waals surface area (Å²) in [6, 6.07) is 62.3. The fraction of sp³-hybridized carbons (Fsp3) is 0.229. The number of amides is 4. The zero-order valence-corrected chi connectivity index (χ0v) is 85.0. The molecule has 4 fully saturated rings. The molecule has 4 amide bonds. The quantitative estimate of drug-likeness (QED) is 0.0310. The van der Waals surface area contributed by atoms with Crippen LogP contribution >= 0.6 is 118 Å². The third-order valence-corrected chi connectivity index (χ3v) is 26.2. The molecule has 0 aliphatic carbocycles. The van der Waals surface area contributed by atoms with Crippen LogP contribution in [-0.4, -0.2) is 165 Å². The van der Waals surface area contributed by atoms with E-state index in [4.69, 9.17) is 99.4 Å². The van der Waals surface area contributed by atoms with Gasteiger partial charge >= 0.3 is 0 Å². The molecule has 19 rings (SSSR count). The van der Waals surface area contributed by atoms with Gasteiger partial charge in [0, 0.05) is 144 Å². The number of benzene rings is 8. The number of piperidine rings is 4. The molecule has 0 bridgehead atoms. The first-order chi connectivity index (χ1) is 68.1. The van der Waals surface area contributed by atoms with Gasteiger partial charge in [0.2, 0.25) is 0 Å². The van der Waals surface area contributed by atoms with E-state index >= 15 is 0 Å². The van der Waals surface area contributed by atoms with Crippen molar-refractivity contribution >= 4 is 153 Å². The van der Waals surface area contributed by atoms with Crippen LogP contribution in [0.2, 0.25) is 35.2 Å². The Kier molecular flexibility index (Phi) is 38.6. The zero-order chi connectivity index (χ0) is 97.9. The fourth-order valence-electron chi connectivity index (χ4n) is 17.2. The van der Waals surface area contributed by atoms with Gasteiger partial charge in [0.15, 0.2) is 34.2 Å². The van der Waals surface area contributed by atoms with Gasteiger partial charge in [0.1, 0.15) is 0 Å². The molecule has 15 aromatic rings. The highest BCUT2D eigenvalue weighted by molar-refractivity contribution is 6.37. The summed E-state index contributed by atoms with van der Waals surface area (Å²) in [5, 5.41) is 60.6. The molecule has 8 aromatic carbocycles. The Labute approximate surface area is 880 Å². The van der Waals surface area contributed by atoms with Gasteiger partial charge in [0.25, 0.3) is 23.6 Å². The number of aliphatic hydroxyl groups is 3. The van der Waals surface area contributed by atoms with Crippen molar-refractivity contribution in [3.63, 3.8) is 0 Å². The van der Waals surface area contributed by atoms with E-state index in [1.165, 1.54) is 6.42 Å². The number of aliphatic hydroxyl groups excluding tert-OH is 3. The lowest BCUT2D eigenvalue weighted by Crippen LogP contribution is -2.45. The van der Waals surface area contributed by atoms with E-state index in [9.17, 15) is 34.5 Å². The van der Waals surface area contributed by atoms with Crippen LogP contribution < -0.4 is 21.7 Å². The van der Waals surface area contributed by atoms with Gasteiger partial charge < -0.3 is 15.3 Å².